The van der Waals surface area contributed by atoms with Crippen molar-refractivity contribution in [1.29, 1.82) is 0 Å². The maximum Gasteiger partial charge on any atom is 0.0898 e. The fourth-order valence-corrected chi connectivity index (χ4v) is 2.96. The molecule has 1 aromatic carbocycles. The van der Waals surface area contributed by atoms with Gasteiger partial charge in [-0.1, -0.05) is 18.2 Å². The number of hydrogen-bond donors (Lipinski definition) is 1. The number of thiazole rings is 1. The molecule has 21 heavy (non-hydrogen) atoms. The second-order valence-electron chi connectivity index (χ2n) is 5.02. The molecule has 0 amide bonds. The van der Waals surface area contributed by atoms with E-state index >= 15 is 0 Å². The average molecular weight is 298 g/mol. The normalized spacial score (nSPS) is 12.3. The van der Waals surface area contributed by atoms with Crippen LogP contribution < -0.4 is 5.32 Å². The first kappa shape index (κ1) is 13.8. The van der Waals surface area contributed by atoms with Crippen LogP contribution >= 0.6 is 11.3 Å². The third kappa shape index (κ3) is 3.31. The number of para-hydroxylation sites is 1. The average Bonchev–Trinajstić information content (AvgIpc) is 3.12. The standard InChI is InChI=1S/C16H18N4S/c1-12(16-11-21-13(2)19-16)18-15-7-4-3-6-14(15)10-20-9-5-8-17-20/h3-9,11-12,18H,10H2,1-2H3. The van der Waals surface area contributed by atoms with Crippen molar-refractivity contribution >= 4 is 17.0 Å². The molecule has 1 atom stereocenters. The second kappa shape index (κ2) is 6.10. The predicted molar refractivity (Wildman–Crippen MR) is 86.7 cm³/mol. The Labute approximate surface area is 128 Å². The van der Waals surface area contributed by atoms with Crippen LogP contribution in [0.4, 0.5) is 5.69 Å². The van der Waals surface area contributed by atoms with Crippen LogP contribution in [0.5, 0.6) is 0 Å². The molecule has 0 saturated heterocycles. The minimum absolute atomic E-state index is 0.189. The number of rotatable bonds is 5. The van der Waals surface area contributed by atoms with E-state index in [0.29, 0.717) is 0 Å². The minimum Gasteiger partial charge on any atom is -0.377 e. The molecule has 5 heteroatoms. The Morgan fingerprint density at radius 3 is 2.86 bits per heavy atom. The third-order valence-corrected chi connectivity index (χ3v) is 4.15. The summed E-state index contributed by atoms with van der Waals surface area (Å²) in [5.74, 6) is 0. The van der Waals surface area contributed by atoms with Crippen molar-refractivity contribution in [2.24, 2.45) is 0 Å². The molecular formula is C16H18N4S. The minimum atomic E-state index is 0.189. The lowest BCUT2D eigenvalue weighted by Crippen LogP contribution is -2.10. The number of aryl methyl sites for hydroxylation is 1. The van der Waals surface area contributed by atoms with Gasteiger partial charge in [-0.05, 0) is 31.5 Å². The molecule has 0 spiro atoms. The van der Waals surface area contributed by atoms with Gasteiger partial charge in [0.05, 0.1) is 23.3 Å². The Kier molecular flexibility index (Phi) is 4.01. The molecule has 0 saturated carbocycles. The Hall–Kier alpha value is -2.14. The van der Waals surface area contributed by atoms with Crippen molar-refractivity contribution in [3.63, 3.8) is 0 Å². The first-order valence-electron chi connectivity index (χ1n) is 6.96. The Morgan fingerprint density at radius 2 is 2.14 bits per heavy atom. The number of aromatic nitrogens is 3. The summed E-state index contributed by atoms with van der Waals surface area (Å²) in [6.45, 7) is 4.94. The summed E-state index contributed by atoms with van der Waals surface area (Å²) in [4.78, 5) is 4.55. The Morgan fingerprint density at radius 1 is 1.29 bits per heavy atom. The van der Waals surface area contributed by atoms with Crippen LogP contribution in [-0.2, 0) is 6.54 Å². The molecule has 0 fully saturated rings. The van der Waals surface area contributed by atoms with E-state index in [4.69, 9.17) is 0 Å². The van der Waals surface area contributed by atoms with Crippen LogP contribution in [0.25, 0.3) is 0 Å². The topological polar surface area (TPSA) is 42.7 Å². The summed E-state index contributed by atoms with van der Waals surface area (Å²) in [5, 5.41) is 11.0. The molecule has 3 rings (SSSR count). The highest BCUT2D eigenvalue weighted by atomic mass is 32.1. The van der Waals surface area contributed by atoms with Crippen molar-refractivity contribution in [2.45, 2.75) is 26.4 Å². The highest BCUT2D eigenvalue weighted by molar-refractivity contribution is 7.09. The fourth-order valence-electron chi connectivity index (χ4n) is 2.25. The first-order valence-corrected chi connectivity index (χ1v) is 7.84. The van der Waals surface area contributed by atoms with E-state index in [-0.39, 0.29) is 6.04 Å². The van der Waals surface area contributed by atoms with Crippen LogP contribution in [-0.4, -0.2) is 14.8 Å². The second-order valence-corrected chi connectivity index (χ2v) is 6.08. The van der Waals surface area contributed by atoms with E-state index in [1.807, 2.05) is 29.9 Å². The number of nitrogens with one attached hydrogen (secondary N) is 1. The van der Waals surface area contributed by atoms with Crippen molar-refractivity contribution in [2.75, 3.05) is 5.32 Å². The van der Waals surface area contributed by atoms with Gasteiger partial charge in [0.15, 0.2) is 0 Å². The summed E-state index contributed by atoms with van der Waals surface area (Å²) in [5.41, 5.74) is 3.44. The number of benzene rings is 1. The van der Waals surface area contributed by atoms with E-state index in [1.165, 1.54) is 5.56 Å². The van der Waals surface area contributed by atoms with E-state index in [0.717, 1.165) is 22.9 Å². The van der Waals surface area contributed by atoms with Gasteiger partial charge in [-0.3, -0.25) is 4.68 Å². The van der Waals surface area contributed by atoms with E-state index in [1.54, 1.807) is 17.5 Å². The van der Waals surface area contributed by atoms with E-state index in [9.17, 15) is 0 Å². The van der Waals surface area contributed by atoms with Crippen molar-refractivity contribution in [3.8, 4) is 0 Å². The molecule has 0 radical (unpaired) electrons. The summed E-state index contributed by atoms with van der Waals surface area (Å²) in [6.07, 6.45) is 3.78. The molecule has 0 bridgehead atoms. The van der Waals surface area contributed by atoms with Crippen molar-refractivity contribution < 1.29 is 0 Å². The molecule has 4 nitrogen and oxygen atoms in total. The van der Waals surface area contributed by atoms with Gasteiger partial charge in [0.1, 0.15) is 0 Å². The molecular weight excluding hydrogens is 280 g/mol. The van der Waals surface area contributed by atoms with Crippen LogP contribution in [0, 0.1) is 6.92 Å². The maximum atomic E-state index is 4.55. The fraction of sp³-hybridized carbons (Fsp3) is 0.250. The largest absolute Gasteiger partial charge is 0.377 e. The van der Waals surface area contributed by atoms with Crippen LogP contribution in [0.15, 0.2) is 48.1 Å². The summed E-state index contributed by atoms with van der Waals surface area (Å²) in [6, 6.07) is 10.5. The quantitative estimate of drug-likeness (QED) is 0.777. The van der Waals surface area contributed by atoms with Gasteiger partial charge in [0.25, 0.3) is 0 Å². The van der Waals surface area contributed by atoms with Crippen LogP contribution in [0.3, 0.4) is 0 Å². The molecule has 0 aliphatic carbocycles. The SMILES string of the molecule is Cc1nc(C(C)Nc2ccccc2Cn2cccn2)cs1. The molecule has 108 valence electrons. The van der Waals surface area contributed by atoms with Gasteiger partial charge in [-0.2, -0.15) is 5.10 Å². The zero-order chi connectivity index (χ0) is 14.7. The molecule has 1 unspecified atom stereocenters. The molecule has 3 aromatic rings. The van der Waals surface area contributed by atoms with Gasteiger partial charge < -0.3 is 5.32 Å². The highest BCUT2D eigenvalue weighted by Crippen LogP contribution is 2.24. The lowest BCUT2D eigenvalue weighted by Gasteiger charge is -2.17. The third-order valence-electron chi connectivity index (χ3n) is 3.36. The first-order chi connectivity index (χ1) is 10.2. The summed E-state index contributed by atoms with van der Waals surface area (Å²) < 4.78 is 1.93. The number of hydrogen-bond acceptors (Lipinski definition) is 4. The van der Waals surface area contributed by atoms with Crippen molar-refractivity contribution in [3.05, 3.63) is 64.4 Å². The number of anilines is 1. The van der Waals surface area contributed by atoms with Gasteiger partial charge in [-0.25, -0.2) is 4.98 Å². The van der Waals surface area contributed by atoms with Crippen molar-refractivity contribution in [1.82, 2.24) is 14.8 Å². The van der Waals surface area contributed by atoms with E-state index in [2.05, 4.69) is 45.9 Å². The van der Waals surface area contributed by atoms with Gasteiger partial charge in [0.2, 0.25) is 0 Å². The van der Waals surface area contributed by atoms with Gasteiger partial charge in [0, 0.05) is 23.5 Å². The lowest BCUT2D eigenvalue weighted by atomic mass is 10.1. The maximum absolute atomic E-state index is 4.55. The lowest BCUT2D eigenvalue weighted by molar-refractivity contribution is 0.686. The monoisotopic (exact) mass is 298 g/mol. The zero-order valence-electron chi connectivity index (χ0n) is 12.2. The summed E-state index contributed by atoms with van der Waals surface area (Å²) >= 11 is 1.69. The van der Waals surface area contributed by atoms with E-state index < -0.39 is 0 Å². The predicted octanol–water partition coefficient (Wildman–Crippen LogP) is 3.87. The molecule has 2 heterocycles. The summed E-state index contributed by atoms with van der Waals surface area (Å²) in [7, 11) is 0. The molecule has 1 N–H and O–H groups in total. The molecule has 2 aromatic heterocycles. The van der Waals surface area contributed by atoms with Gasteiger partial charge in [-0.15, -0.1) is 11.3 Å². The zero-order valence-corrected chi connectivity index (χ0v) is 13.0. The highest BCUT2D eigenvalue weighted by Gasteiger charge is 2.11. The molecule has 0 aliphatic rings. The smallest absolute Gasteiger partial charge is 0.0898 e. The Balaban J connectivity index is 1.78. The molecule has 0 aliphatic heterocycles. The van der Waals surface area contributed by atoms with Crippen LogP contribution in [0.1, 0.15) is 29.2 Å². The Bertz CT molecular complexity index is 703. The van der Waals surface area contributed by atoms with Crippen LogP contribution in [0.2, 0.25) is 0 Å². The van der Waals surface area contributed by atoms with Gasteiger partial charge >= 0.3 is 0 Å². The number of nitrogens with zero attached hydrogens (tertiary/aromatic N) is 3.